The number of hydrogen-bond acceptors (Lipinski definition) is 4. The van der Waals surface area contributed by atoms with Crippen molar-refractivity contribution < 1.29 is 9.15 Å². The SMILES string of the molecule is Cc1oc(CN2CC(C)OC(C)(C)C2)cc1CNC(C)C. The van der Waals surface area contributed by atoms with Gasteiger partial charge in [0, 0.05) is 31.2 Å². The number of ether oxygens (including phenoxy) is 1. The van der Waals surface area contributed by atoms with Crippen LogP contribution >= 0.6 is 0 Å². The van der Waals surface area contributed by atoms with Gasteiger partial charge in [-0.25, -0.2) is 0 Å². The van der Waals surface area contributed by atoms with E-state index in [2.05, 4.69) is 50.9 Å². The van der Waals surface area contributed by atoms with Gasteiger partial charge in [0.1, 0.15) is 11.5 Å². The Hall–Kier alpha value is -0.840. The second kappa shape index (κ2) is 6.51. The molecule has 1 atom stereocenters. The van der Waals surface area contributed by atoms with Crippen LogP contribution in [0.2, 0.25) is 0 Å². The van der Waals surface area contributed by atoms with Crippen LogP contribution < -0.4 is 5.32 Å². The fraction of sp³-hybridized carbons (Fsp3) is 0.765. The van der Waals surface area contributed by atoms with Crippen LogP contribution in [0, 0.1) is 6.92 Å². The maximum absolute atomic E-state index is 5.95. The van der Waals surface area contributed by atoms with Crippen LogP contribution in [0.15, 0.2) is 10.5 Å². The van der Waals surface area contributed by atoms with Crippen molar-refractivity contribution in [1.82, 2.24) is 10.2 Å². The Bertz CT molecular complexity index is 465. The Morgan fingerprint density at radius 2 is 2.14 bits per heavy atom. The summed E-state index contributed by atoms with van der Waals surface area (Å²) in [4.78, 5) is 2.42. The third-order valence-corrected chi connectivity index (χ3v) is 3.79. The molecule has 1 saturated heterocycles. The molecule has 120 valence electrons. The zero-order valence-electron chi connectivity index (χ0n) is 14.3. The lowest BCUT2D eigenvalue weighted by Crippen LogP contribution is -2.51. The Balaban J connectivity index is 1.98. The van der Waals surface area contributed by atoms with Gasteiger partial charge in [-0.1, -0.05) is 13.8 Å². The van der Waals surface area contributed by atoms with Crippen molar-refractivity contribution in [3.8, 4) is 0 Å². The van der Waals surface area contributed by atoms with E-state index in [-0.39, 0.29) is 11.7 Å². The summed E-state index contributed by atoms with van der Waals surface area (Å²) in [5.74, 6) is 2.08. The summed E-state index contributed by atoms with van der Waals surface area (Å²) in [5, 5.41) is 3.45. The number of aryl methyl sites for hydroxylation is 1. The summed E-state index contributed by atoms with van der Waals surface area (Å²) < 4.78 is 11.9. The molecule has 0 saturated carbocycles. The molecule has 0 bridgehead atoms. The summed E-state index contributed by atoms with van der Waals surface area (Å²) in [7, 11) is 0. The molecule has 1 aromatic heterocycles. The predicted octanol–water partition coefficient (Wildman–Crippen LogP) is 3.09. The first-order chi connectivity index (χ1) is 9.75. The monoisotopic (exact) mass is 294 g/mol. The normalized spacial score (nSPS) is 22.9. The number of hydrogen-bond donors (Lipinski definition) is 1. The molecule has 2 rings (SSSR count). The molecular formula is C17H30N2O2. The van der Waals surface area contributed by atoms with Crippen molar-refractivity contribution in [3.05, 3.63) is 23.2 Å². The third kappa shape index (κ3) is 4.83. The third-order valence-electron chi connectivity index (χ3n) is 3.79. The maximum Gasteiger partial charge on any atom is 0.118 e. The summed E-state index contributed by atoms with van der Waals surface area (Å²) in [6.45, 7) is 16.5. The first-order valence-corrected chi connectivity index (χ1v) is 7.97. The van der Waals surface area contributed by atoms with Crippen molar-refractivity contribution in [3.63, 3.8) is 0 Å². The molecule has 4 nitrogen and oxygen atoms in total. The molecule has 21 heavy (non-hydrogen) atoms. The first kappa shape index (κ1) is 16.5. The van der Waals surface area contributed by atoms with Gasteiger partial charge in [-0.15, -0.1) is 0 Å². The average molecular weight is 294 g/mol. The largest absolute Gasteiger partial charge is 0.465 e. The Morgan fingerprint density at radius 3 is 2.76 bits per heavy atom. The zero-order valence-corrected chi connectivity index (χ0v) is 14.3. The molecule has 0 aromatic carbocycles. The molecule has 0 radical (unpaired) electrons. The van der Waals surface area contributed by atoms with Crippen molar-refractivity contribution in [1.29, 1.82) is 0 Å². The van der Waals surface area contributed by atoms with Gasteiger partial charge in [0.25, 0.3) is 0 Å². The highest BCUT2D eigenvalue weighted by Crippen LogP contribution is 2.23. The van der Waals surface area contributed by atoms with Gasteiger partial charge in [0.05, 0.1) is 18.2 Å². The maximum atomic E-state index is 5.95. The minimum Gasteiger partial charge on any atom is -0.465 e. The molecule has 4 heteroatoms. The highest BCUT2D eigenvalue weighted by atomic mass is 16.5. The van der Waals surface area contributed by atoms with Crippen molar-refractivity contribution in [2.75, 3.05) is 13.1 Å². The molecule has 1 unspecified atom stereocenters. The lowest BCUT2D eigenvalue weighted by Gasteiger charge is -2.41. The lowest BCUT2D eigenvalue weighted by molar-refractivity contribution is -0.131. The van der Waals surface area contributed by atoms with Crippen molar-refractivity contribution in [2.45, 2.75) is 72.4 Å². The standard InChI is InChI=1S/C17H30N2O2/c1-12(2)18-8-15-7-16(20-14(15)4)10-19-9-13(3)21-17(5,6)11-19/h7,12-13,18H,8-11H2,1-6H3. The molecular weight excluding hydrogens is 264 g/mol. The minimum absolute atomic E-state index is 0.0820. The molecule has 0 aliphatic carbocycles. The molecule has 1 aromatic rings. The minimum atomic E-state index is -0.0820. The Kier molecular flexibility index (Phi) is 5.12. The Labute approximate surface area is 128 Å². The van der Waals surface area contributed by atoms with Crippen LogP contribution in [0.5, 0.6) is 0 Å². The number of furan rings is 1. The smallest absolute Gasteiger partial charge is 0.118 e. The fourth-order valence-electron chi connectivity index (χ4n) is 3.08. The lowest BCUT2D eigenvalue weighted by atomic mass is 10.1. The highest BCUT2D eigenvalue weighted by Gasteiger charge is 2.31. The van der Waals surface area contributed by atoms with E-state index in [0.29, 0.717) is 6.04 Å². The zero-order chi connectivity index (χ0) is 15.6. The van der Waals surface area contributed by atoms with E-state index in [0.717, 1.165) is 37.7 Å². The molecule has 1 aliphatic rings. The summed E-state index contributed by atoms with van der Waals surface area (Å²) in [6, 6.07) is 2.68. The van der Waals surface area contributed by atoms with Crippen molar-refractivity contribution in [2.24, 2.45) is 0 Å². The van der Waals surface area contributed by atoms with Gasteiger partial charge in [-0.05, 0) is 33.8 Å². The van der Waals surface area contributed by atoms with Crippen molar-refractivity contribution >= 4 is 0 Å². The summed E-state index contributed by atoms with van der Waals surface area (Å²) in [6.07, 6.45) is 0.270. The second-order valence-electron chi connectivity index (χ2n) is 7.19. The number of nitrogens with one attached hydrogen (secondary N) is 1. The Morgan fingerprint density at radius 1 is 1.43 bits per heavy atom. The van der Waals surface area contributed by atoms with Gasteiger partial charge in [0.15, 0.2) is 0 Å². The van der Waals surface area contributed by atoms with E-state index in [1.165, 1.54) is 5.56 Å². The molecule has 1 N–H and O–H groups in total. The number of nitrogens with zero attached hydrogens (tertiary/aromatic N) is 1. The molecule has 1 fully saturated rings. The number of morpholine rings is 1. The van der Waals surface area contributed by atoms with E-state index in [1.54, 1.807) is 0 Å². The van der Waals surface area contributed by atoms with E-state index < -0.39 is 0 Å². The van der Waals surface area contributed by atoms with Gasteiger partial charge in [0.2, 0.25) is 0 Å². The molecule has 1 aliphatic heterocycles. The van der Waals surface area contributed by atoms with Gasteiger partial charge in [-0.3, -0.25) is 4.90 Å². The van der Waals surface area contributed by atoms with Crippen LogP contribution in [-0.4, -0.2) is 35.7 Å². The average Bonchev–Trinajstić information content (AvgIpc) is 2.64. The summed E-state index contributed by atoms with van der Waals surface area (Å²) in [5.41, 5.74) is 1.18. The summed E-state index contributed by atoms with van der Waals surface area (Å²) >= 11 is 0. The fourth-order valence-corrected chi connectivity index (χ4v) is 3.08. The van der Waals surface area contributed by atoms with E-state index in [1.807, 2.05) is 6.92 Å². The van der Waals surface area contributed by atoms with Crippen LogP contribution in [0.1, 0.15) is 51.7 Å². The van der Waals surface area contributed by atoms with Crippen LogP contribution in [0.3, 0.4) is 0 Å². The highest BCUT2D eigenvalue weighted by molar-refractivity contribution is 5.20. The molecule has 0 spiro atoms. The van der Waals surface area contributed by atoms with E-state index in [4.69, 9.17) is 9.15 Å². The van der Waals surface area contributed by atoms with E-state index in [9.17, 15) is 0 Å². The number of rotatable bonds is 5. The second-order valence-corrected chi connectivity index (χ2v) is 7.19. The molecule has 2 heterocycles. The van der Waals surface area contributed by atoms with Gasteiger partial charge in [-0.2, -0.15) is 0 Å². The van der Waals surface area contributed by atoms with Crippen LogP contribution in [0.4, 0.5) is 0 Å². The van der Waals surface area contributed by atoms with Crippen LogP contribution in [-0.2, 0) is 17.8 Å². The van der Waals surface area contributed by atoms with Gasteiger partial charge >= 0.3 is 0 Å². The van der Waals surface area contributed by atoms with Gasteiger partial charge < -0.3 is 14.5 Å². The van der Waals surface area contributed by atoms with E-state index >= 15 is 0 Å². The first-order valence-electron chi connectivity index (χ1n) is 7.97. The quantitative estimate of drug-likeness (QED) is 0.905. The topological polar surface area (TPSA) is 37.6 Å². The molecule has 0 amide bonds. The predicted molar refractivity (Wildman–Crippen MR) is 85.3 cm³/mol. The van der Waals surface area contributed by atoms with Crippen LogP contribution in [0.25, 0.3) is 0 Å².